The molecule has 0 aromatic carbocycles. The Balaban J connectivity index is 1.96. The van der Waals surface area contributed by atoms with Crippen LogP contribution in [-0.4, -0.2) is 31.3 Å². The van der Waals surface area contributed by atoms with Crippen LogP contribution in [0.1, 0.15) is 25.7 Å². The number of aromatic amines is 1. The van der Waals surface area contributed by atoms with E-state index in [4.69, 9.17) is 12.2 Å². The van der Waals surface area contributed by atoms with Crippen LogP contribution < -0.4 is 5.32 Å². The highest BCUT2D eigenvalue weighted by molar-refractivity contribution is 9.10. The van der Waals surface area contributed by atoms with Gasteiger partial charge in [0.05, 0.1) is 4.47 Å². The second kappa shape index (κ2) is 6.25. The van der Waals surface area contributed by atoms with Crippen molar-refractivity contribution >= 4 is 34.1 Å². The summed E-state index contributed by atoms with van der Waals surface area (Å²) in [6.07, 6.45) is 4.17. The standard InChI is InChI=1S/C11H15BrN6S/c1-7(2)18-9(16-17-11(18)19)3-4-13-10-14-5-8(12)6-15-10/h5-7H,3-4H2,1-2H3,(H,17,19)(H,13,14,15). The van der Waals surface area contributed by atoms with E-state index in [1.54, 1.807) is 12.4 Å². The first-order chi connectivity index (χ1) is 9.08. The molecule has 0 fully saturated rings. The quantitative estimate of drug-likeness (QED) is 0.817. The van der Waals surface area contributed by atoms with Crippen molar-refractivity contribution in [2.45, 2.75) is 26.3 Å². The first-order valence-corrected chi connectivity index (χ1v) is 7.15. The third-order valence-electron chi connectivity index (χ3n) is 2.55. The van der Waals surface area contributed by atoms with Crippen LogP contribution in [0.15, 0.2) is 16.9 Å². The number of hydrogen-bond acceptors (Lipinski definition) is 5. The summed E-state index contributed by atoms with van der Waals surface area (Å²) < 4.78 is 3.53. The topological polar surface area (TPSA) is 71.4 Å². The molecule has 0 aliphatic heterocycles. The van der Waals surface area contributed by atoms with Crippen molar-refractivity contribution in [3.05, 3.63) is 27.5 Å². The molecule has 19 heavy (non-hydrogen) atoms. The molecule has 0 saturated carbocycles. The number of H-pyrrole nitrogens is 1. The number of anilines is 1. The largest absolute Gasteiger partial charge is 0.354 e. The molecule has 0 atom stereocenters. The second-order valence-corrected chi connectivity index (χ2v) is 5.61. The summed E-state index contributed by atoms with van der Waals surface area (Å²) in [6.45, 7) is 4.87. The summed E-state index contributed by atoms with van der Waals surface area (Å²) in [5, 5.41) is 10.2. The zero-order valence-electron chi connectivity index (χ0n) is 10.7. The predicted molar refractivity (Wildman–Crippen MR) is 79.7 cm³/mol. The fourth-order valence-electron chi connectivity index (χ4n) is 1.74. The Labute approximate surface area is 124 Å². The van der Waals surface area contributed by atoms with Crippen LogP contribution in [0.4, 0.5) is 5.95 Å². The fraction of sp³-hybridized carbons (Fsp3) is 0.455. The molecule has 0 unspecified atom stereocenters. The van der Waals surface area contributed by atoms with Crippen molar-refractivity contribution in [3.8, 4) is 0 Å². The Morgan fingerprint density at radius 3 is 2.74 bits per heavy atom. The average molecular weight is 343 g/mol. The molecular weight excluding hydrogens is 328 g/mol. The third kappa shape index (κ3) is 3.60. The van der Waals surface area contributed by atoms with E-state index in [1.807, 2.05) is 4.57 Å². The highest BCUT2D eigenvalue weighted by Crippen LogP contribution is 2.10. The van der Waals surface area contributed by atoms with E-state index in [9.17, 15) is 0 Å². The molecule has 0 aliphatic carbocycles. The summed E-state index contributed by atoms with van der Waals surface area (Å²) in [5.41, 5.74) is 0. The van der Waals surface area contributed by atoms with Gasteiger partial charge < -0.3 is 9.88 Å². The summed E-state index contributed by atoms with van der Waals surface area (Å²) in [4.78, 5) is 8.30. The second-order valence-electron chi connectivity index (χ2n) is 4.31. The summed E-state index contributed by atoms with van der Waals surface area (Å²) in [5.74, 6) is 1.54. The molecule has 2 rings (SSSR count). The van der Waals surface area contributed by atoms with Crippen LogP contribution in [0.25, 0.3) is 0 Å². The first kappa shape index (κ1) is 14.1. The molecule has 2 heterocycles. The predicted octanol–water partition coefficient (Wildman–Crippen LogP) is 2.73. The van der Waals surface area contributed by atoms with Crippen LogP contribution >= 0.6 is 28.1 Å². The normalized spacial score (nSPS) is 10.9. The Bertz CT molecular complexity index is 588. The van der Waals surface area contributed by atoms with Gasteiger partial charge >= 0.3 is 0 Å². The molecule has 102 valence electrons. The molecule has 2 aromatic heterocycles. The van der Waals surface area contributed by atoms with Gasteiger partial charge in [0, 0.05) is 31.4 Å². The van der Waals surface area contributed by atoms with Crippen molar-refractivity contribution < 1.29 is 0 Å². The van der Waals surface area contributed by atoms with Crippen molar-refractivity contribution in [1.82, 2.24) is 24.7 Å². The van der Waals surface area contributed by atoms with Crippen LogP contribution in [-0.2, 0) is 6.42 Å². The number of aromatic nitrogens is 5. The van der Waals surface area contributed by atoms with Gasteiger partial charge in [-0.3, -0.25) is 5.10 Å². The van der Waals surface area contributed by atoms with Gasteiger partial charge in [-0.15, -0.1) is 0 Å². The molecule has 0 aliphatic rings. The molecule has 6 nitrogen and oxygen atoms in total. The van der Waals surface area contributed by atoms with Crippen LogP contribution in [0, 0.1) is 4.77 Å². The molecule has 2 aromatic rings. The summed E-state index contributed by atoms with van der Waals surface area (Å²) in [6, 6.07) is 0.296. The zero-order valence-corrected chi connectivity index (χ0v) is 13.1. The number of halogens is 1. The Morgan fingerprint density at radius 2 is 2.11 bits per heavy atom. The maximum Gasteiger partial charge on any atom is 0.222 e. The number of nitrogens with zero attached hydrogens (tertiary/aromatic N) is 4. The van der Waals surface area contributed by atoms with E-state index in [0.29, 0.717) is 23.3 Å². The number of nitrogens with one attached hydrogen (secondary N) is 2. The molecular formula is C11H15BrN6S. The van der Waals surface area contributed by atoms with E-state index >= 15 is 0 Å². The van der Waals surface area contributed by atoms with E-state index in [-0.39, 0.29) is 0 Å². The molecule has 8 heteroatoms. The van der Waals surface area contributed by atoms with Crippen LogP contribution in [0.3, 0.4) is 0 Å². The fourth-order valence-corrected chi connectivity index (χ4v) is 2.30. The first-order valence-electron chi connectivity index (χ1n) is 5.95. The Kier molecular flexibility index (Phi) is 4.65. The highest BCUT2D eigenvalue weighted by atomic mass is 79.9. The smallest absolute Gasteiger partial charge is 0.222 e. The minimum Gasteiger partial charge on any atom is -0.354 e. The van der Waals surface area contributed by atoms with Gasteiger partial charge in [-0.2, -0.15) is 5.10 Å². The lowest BCUT2D eigenvalue weighted by Gasteiger charge is -2.10. The van der Waals surface area contributed by atoms with Gasteiger partial charge in [-0.1, -0.05) is 0 Å². The molecule has 0 amide bonds. The van der Waals surface area contributed by atoms with Gasteiger partial charge in [-0.05, 0) is 42.0 Å². The maximum atomic E-state index is 5.20. The molecule has 0 bridgehead atoms. The van der Waals surface area contributed by atoms with Crippen molar-refractivity contribution in [1.29, 1.82) is 0 Å². The molecule has 2 N–H and O–H groups in total. The Morgan fingerprint density at radius 1 is 1.42 bits per heavy atom. The summed E-state index contributed by atoms with van der Waals surface area (Å²) in [7, 11) is 0. The monoisotopic (exact) mass is 342 g/mol. The van der Waals surface area contributed by atoms with E-state index in [1.165, 1.54) is 0 Å². The average Bonchev–Trinajstić information content (AvgIpc) is 2.73. The van der Waals surface area contributed by atoms with Crippen molar-refractivity contribution in [2.75, 3.05) is 11.9 Å². The SMILES string of the molecule is CC(C)n1c(CCNc2ncc(Br)cn2)n[nH]c1=S. The van der Waals surface area contributed by atoms with Crippen molar-refractivity contribution in [3.63, 3.8) is 0 Å². The van der Waals surface area contributed by atoms with Gasteiger partial charge in [0.25, 0.3) is 0 Å². The molecule has 0 radical (unpaired) electrons. The minimum absolute atomic E-state index is 0.296. The van der Waals surface area contributed by atoms with E-state index in [2.05, 4.69) is 55.3 Å². The zero-order chi connectivity index (χ0) is 13.8. The van der Waals surface area contributed by atoms with Gasteiger partial charge in [0.2, 0.25) is 5.95 Å². The third-order valence-corrected chi connectivity index (χ3v) is 3.24. The number of hydrogen-bond donors (Lipinski definition) is 2. The summed E-state index contributed by atoms with van der Waals surface area (Å²) >= 11 is 8.50. The minimum atomic E-state index is 0.296. The van der Waals surface area contributed by atoms with Gasteiger partial charge in [-0.25, -0.2) is 9.97 Å². The van der Waals surface area contributed by atoms with Gasteiger partial charge in [0.15, 0.2) is 4.77 Å². The lowest BCUT2D eigenvalue weighted by Crippen LogP contribution is -2.13. The molecule has 0 spiro atoms. The lowest BCUT2D eigenvalue weighted by atomic mass is 10.3. The lowest BCUT2D eigenvalue weighted by molar-refractivity contribution is 0.562. The van der Waals surface area contributed by atoms with Crippen LogP contribution in [0.5, 0.6) is 0 Å². The maximum absolute atomic E-state index is 5.20. The Hall–Kier alpha value is -1.28. The van der Waals surface area contributed by atoms with Gasteiger partial charge in [0.1, 0.15) is 5.82 Å². The van der Waals surface area contributed by atoms with Crippen LogP contribution in [0.2, 0.25) is 0 Å². The highest BCUT2D eigenvalue weighted by Gasteiger charge is 2.08. The van der Waals surface area contributed by atoms with E-state index < -0.39 is 0 Å². The van der Waals surface area contributed by atoms with Crippen molar-refractivity contribution in [2.24, 2.45) is 0 Å². The molecule has 0 saturated heterocycles. The number of rotatable bonds is 5. The van der Waals surface area contributed by atoms with E-state index in [0.717, 1.165) is 16.7 Å².